The first kappa shape index (κ1) is 37.6. The molecule has 0 spiro atoms. The van der Waals surface area contributed by atoms with Gasteiger partial charge in [0.25, 0.3) is 12.3 Å². The van der Waals surface area contributed by atoms with Crippen LogP contribution in [0.5, 0.6) is 0 Å². The van der Waals surface area contributed by atoms with Gasteiger partial charge in [-0.05, 0) is 54.0 Å². The Kier molecular flexibility index (Phi) is 9.95. The minimum absolute atomic E-state index is 0.0106. The normalized spacial score (nSPS) is 18.4. The first-order valence-corrected chi connectivity index (χ1v) is 16.7. The van der Waals surface area contributed by atoms with Gasteiger partial charge < -0.3 is 15.8 Å². The molecule has 1 fully saturated rings. The Labute approximate surface area is 304 Å². The van der Waals surface area contributed by atoms with E-state index in [1.807, 2.05) is 20.8 Å². The van der Waals surface area contributed by atoms with E-state index in [1.165, 1.54) is 30.3 Å². The quantitative estimate of drug-likeness (QED) is 0.156. The van der Waals surface area contributed by atoms with Gasteiger partial charge in [0, 0.05) is 17.3 Å². The Morgan fingerprint density at radius 2 is 1.87 bits per heavy atom. The summed E-state index contributed by atoms with van der Waals surface area (Å²) in [6.45, 7) is 3.03. The number of ether oxygens (including phenoxy) is 1. The Bertz CT molecular complexity index is 2060. The number of amides is 2. The maximum Gasteiger partial charge on any atom is 0.407 e. The van der Waals surface area contributed by atoms with Crippen LogP contribution in [-0.4, -0.2) is 66.7 Å². The number of benzene rings is 2. The van der Waals surface area contributed by atoms with Crippen LogP contribution in [-0.2, 0) is 15.1 Å². The third kappa shape index (κ3) is 7.96. The number of nitrogens with two attached hydrogens (primary N) is 1. The maximum absolute atomic E-state index is 16.0. The molecule has 53 heavy (non-hydrogen) atoms. The summed E-state index contributed by atoms with van der Waals surface area (Å²) in [5, 5.41) is 9.71. The van der Waals surface area contributed by atoms with Crippen molar-refractivity contribution in [2.75, 3.05) is 13.2 Å². The first-order chi connectivity index (χ1) is 24.9. The Morgan fingerprint density at radius 1 is 1.13 bits per heavy atom. The average Bonchev–Trinajstić information content (AvgIpc) is 3.48. The highest BCUT2D eigenvalue weighted by Gasteiger charge is 2.53. The Hall–Kier alpha value is -5.13. The molecule has 6 rings (SSSR count). The summed E-state index contributed by atoms with van der Waals surface area (Å²) >= 11 is 6.38. The second kappa shape index (κ2) is 14.0. The van der Waals surface area contributed by atoms with Gasteiger partial charge in [0.1, 0.15) is 25.3 Å². The van der Waals surface area contributed by atoms with Gasteiger partial charge >= 0.3 is 12.3 Å². The number of nitrogens with zero attached hydrogens (tertiary/aromatic N) is 7. The summed E-state index contributed by atoms with van der Waals surface area (Å²) in [7, 11) is 0. The molecule has 2 aromatic carbocycles. The number of aliphatic imine (C=N–C) groups is 1. The van der Waals surface area contributed by atoms with Gasteiger partial charge in [0.2, 0.25) is 0 Å². The molecular weight excluding hydrogens is 732 g/mol. The van der Waals surface area contributed by atoms with Crippen LogP contribution in [0.15, 0.2) is 60.1 Å². The van der Waals surface area contributed by atoms with Crippen LogP contribution in [0.4, 0.5) is 31.1 Å². The SMILES string of the molecule is CC(C)(C)C[C@]1(c2ccc(-c3cnn(C4CC4)c3)c(F)c2)N=C(N)N([C@H](COC(=O)NCC(F)(F)F)c2ccc(Cl)c(-n3ncnc3C(F)F)c2)C1=O. The van der Waals surface area contributed by atoms with E-state index in [1.54, 1.807) is 28.5 Å². The van der Waals surface area contributed by atoms with Crippen molar-refractivity contribution in [2.45, 2.75) is 70.3 Å². The second-order valence-corrected chi connectivity index (χ2v) is 14.4. The van der Waals surface area contributed by atoms with Crippen molar-refractivity contribution in [1.82, 2.24) is 34.8 Å². The van der Waals surface area contributed by atoms with Gasteiger partial charge in [0.15, 0.2) is 17.3 Å². The number of aromatic nitrogens is 5. The fraction of sp³-hybridized carbons (Fsp3) is 0.412. The topological polar surface area (TPSA) is 146 Å². The first-order valence-electron chi connectivity index (χ1n) is 16.4. The van der Waals surface area contributed by atoms with E-state index in [0.717, 1.165) is 28.8 Å². The van der Waals surface area contributed by atoms with Crippen LogP contribution in [0, 0.1) is 11.2 Å². The molecule has 1 saturated carbocycles. The molecule has 2 amide bonds. The highest BCUT2D eigenvalue weighted by molar-refractivity contribution is 6.32. The Morgan fingerprint density at radius 3 is 2.51 bits per heavy atom. The monoisotopic (exact) mass is 765 g/mol. The second-order valence-electron chi connectivity index (χ2n) is 14.0. The van der Waals surface area contributed by atoms with Crippen molar-refractivity contribution in [1.29, 1.82) is 0 Å². The third-order valence-electron chi connectivity index (χ3n) is 8.66. The van der Waals surface area contributed by atoms with E-state index in [-0.39, 0.29) is 45.8 Å². The molecule has 2 aliphatic rings. The number of carbonyl (C=O) groups is 2. The van der Waals surface area contributed by atoms with Crippen LogP contribution >= 0.6 is 11.6 Å². The van der Waals surface area contributed by atoms with Crippen molar-refractivity contribution < 1.29 is 40.7 Å². The zero-order valence-electron chi connectivity index (χ0n) is 28.5. The van der Waals surface area contributed by atoms with Gasteiger partial charge in [-0.1, -0.05) is 50.6 Å². The molecule has 2 aromatic heterocycles. The average molecular weight is 766 g/mol. The van der Waals surface area contributed by atoms with E-state index in [9.17, 15) is 31.5 Å². The van der Waals surface area contributed by atoms with Gasteiger partial charge in [0.05, 0.1) is 29.0 Å². The van der Waals surface area contributed by atoms with Crippen LogP contribution in [0.3, 0.4) is 0 Å². The number of nitrogens with one attached hydrogen (secondary N) is 1. The summed E-state index contributed by atoms with van der Waals surface area (Å²) in [6, 6.07) is 7.09. The molecule has 19 heteroatoms. The summed E-state index contributed by atoms with van der Waals surface area (Å²) in [4.78, 5) is 36.4. The molecule has 0 unspecified atom stereocenters. The summed E-state index contributed by atoms with van der Waals surface area (Å²) < 4.78 is 89.8. The predicted octanol–water partition coefficient (Wildman–Crippen LogP) is 7.01. The van der Waals surface area contributed by atoms with Crippen molar-refractivity contribution in [2.24, 2.45) is 16.1 Å². The smallest absolute Gasteiger partial charge is 0.407 e. The molecule has 0 bridgehead atoms. The molecule has 282 valence electrons. The highest BCUT2D eigenvalue weighted by Crippen LogP contribution is 2.46. The predicted molar refractivity (Wildman–Crippen MR) is 180 cm³/mol. The molecule has 2 atom stereocenters. The van der Waals surface area contributed by atoms with Gasteiger partial charge in [-0.3, -0.25) is 14.4 Å². The molecule has 1 aliphatic carbocycles. The standard InChI is InChI=1S/C34H34ClF6N9O3/c1-32(2,3)15-33(20-5-8-22(24(36)11-20)19-12-45-48(13-19)21-6-7-21)29(51)49(30(42)47-33)26(14-53-31(52)43-16-34(39,40)41)18-4-9-23(35)25(10-18)50-28(27(37)38)44-17-46-50/h4-5,8-13,17,21,26-27H,6-7,14-16H2,1-3H3,(H2,42,47)(H,43,52)/t26-,33-/m1/s1. The summed E-state index contributed by atoms with van der Waals surface area (Å²) in [5.74, 6) is -2.56. The Balaban J connectivity index is 1.41. The van der Waals surface area contributed by atoms with Crippen LogP contribution in [0.25, 0.3) is 16.8 Å². The van der Waals surface area contributed by atoms with E-state index in [2.05, 4.69) is 20.2 Å². The minimum atomic E-state index is -4.75. The number of guanidine groups is 1. The highest BCUT2D eigenvalue weighted by atomic mass is 35.5. The summed E-state index contributed by atoms with van der Waals surface area (Å²) in [5.41, 5.74) is 4.96. The lowest BCUT2D eigenvalue weighted by atomic mass is 9.75. The lowest BCUT2D eigenvalue weighted by Gasteiger charge is -2.35. The molecule has 3 heterocycles. The van der Waals surface area contributed by atoms with Gasteiger partial charge in [-0.15, -0.1) is 0 Å². The fourth-order valence-corrected chi connectivity index (χ4v) is 6.48. The molecular formula is C34H34ClF6N9O3. The molecule has 0 saturated heterocycles. The number of alkyl carbamates (subject to hydrolysis) is 1. The van der Waals surface area contributed by atoms with Gasteiger partial charge in [-0.2, -0.15) is 23.4 Å². The van der Waals surface area contributed by atoms with Crippen LogP contribution < -0.4 is 11.1 Å². The number of halogens is 7. The number of hydrogen-bond donors (Lipinski definition) is 2. The van der Waals surface area contributed by atoms with E-state index in [0.29, 0.717) is 5.56 Å². The zero-order valence-corrected chi connectivity index (χ0v) is 29.3. The number of hydrogen-bond acceptors (Lipinski definition) is 8. The maximum atomic E-state index is 16.0. The molecule has 12 nitrogen and oxygen atoms in total. The van der Waals surface area contributed by atoms with Crippen molar-refractivity contribution in [3.63, 3.8) is 0 Å². The van der Waals surface area contributed by atoms with Gasteiger partial charge in [-0.25, -0.2) is 32.6 Å². The third-order valence-corrected chi connectivity index (χ3v) is 8.98. The lowest BCUT2D eigenvalue weighted by molar-refractivity contribution is -0.135. The van der Waals surface area contributed by atoms with E-state index >= 15 is 4.39 Å². The van der Waals surface area contributed by atoms with Crippen molar-refractivity contribution in [3.05, 3.63) is 82.9 Å². The molecule has 0 radical (unpaired) electrons. The number of carbonyl (C=O) groups excluding carboxylic acids is 2. The molecule has 4 aromatic rings. The minimum Gasteiger partial charge on any atom is -0.447 e. The number of alkyl halides is 5. The molecule has 1 aliphatic heterocycles. The van der Waals surface area contributed by atoms with E-state index < -0.39 is 66.4 Å². The van der Waals surface area contributed by atoms with Crippen molar-refractivity contribution >= 4 is 29.6 Å². The van der Waals surface area contributed by atoms with Crippen LogP contribution in [0.2, 0.25) is 5.02 Å². The zero-order chi connectivity index (χ0) is 38.5. The largest absolute Gasteiger partial charge is 0.447 e. The summed E-state index contributed by atoms with van der Waals surface area (Å²) in [6.07, 6.45) is -3.12. The fourth-order valence-electron chi connectivity index (χ4n) is 6.28. The number of rotatable bonds is 11. The van der Waals surface area contributed by atoms with Crippen molar-refractivity contribution in [3.8, 4) is 16.8 Å². The van der Waals surface area contributed by atoms with Crippen LogP contribution in [0.1, 0.15) is 75.5 Å². The van der Waals surface area contributed by atoms with E-state index in [4.69, 9.17) is 22.1 Å². The molecule has 3 N–H and O–H groups in total. The lowest BCUT2D eigenvalue weighted by Crippen LogP contribution is -2.47.